The standard InChI is InChI=1S/C25H22N4O4S/c1-17-16-24(27-18(2)26-17)29-34(31,32)21-14-12-19(13-15-21)28-25(30)22-10-6-7-11-23(22)33-20-8-4-3-5-9-20/h3-16H,1-2H3,(H,28,30)(H,26,27,29). The number of sulfonamides is 1. The van der Waals surface area contributed by atoms with E-state index in [9.17, 15) is 13.2 Å². The normalized spacial score (nSPS) is 11.0. The molecule has 4 rings (SSSR count). The van der Waals surface area contributed by atoms with E-state index >= 15 is 0 Å². The Hall–Kier alpha value is -4.24. The van der Waals surface area contributed by atoms with Gasteiger partial charge in [0.2, 0.25) is 0 Å². The molecule has 1 heterocycles. The second-order valence-corrected chi connectivity index (χ2v) is 9.12. The van der Waals surface area contributed by atoms with Gasteiger partial charge in [-0.1, -0.05) is 30.3 Å². The molecule has 0 radical (unpaired) electrons. The molecule has 2 N–H and O–H groups in total. The summed E-state index contributed by atoms with van der Waals surface area (Å²) in [6.07, 6.45) is 0. The quantitative estimate of drug-likeness (QED) is 0.393. The SMILES string of the molecule is Cc1cc(NS(=O)(=O)c2ccc(NC(=O)c3ccccc3Oc3ccccc3)cc2)nc(C)n1. The zero-order valence-corrected chi connectivity index (χ0v) is 19.3. The van der Waals surface area contributed by atoms with Crippen LogP contribution in [0.5, 0.6) is 11.5 Å². The van der Waals surface area contributed by atoms with Gasteiger partial charge in [-0.2, -0.15) is 0 Å². The van der Waals surface area contributed by atoms with Crippen molar-refractivity contribution in [1.82, 2.24) is 9.97 Å². The van der Waals surface area contributed by atoms with Crippen molar-refractivity contribution in [1.29, 1.82) is 0 Å². The molecule has 0 spiro atoms. The third-order valence-corrected chi connectivity index (χ3v) is 6.10. The van der Waals surface area contributed by atoms with Crippen LogP contribution in [0.25, 0.3) is 0 Å². The summed E-state index contributed by atoms with van der Waals surface area (Å²) in [6.45, 7) is 3.44. The van der Waals surface area contributed by atoms with Crippen molar-refractivity contribution in [2.75, 3.05) is 10.0 Å². The molecule has 0 aliphatic heterocycles. The zero-order valence-electron chi connectivity index (χ0n) is 18.5. The summed E-state index contributed by atoms with van der Waals surface area (Å²) in [4.78, 5) is 21.1. The fraction of sp³-hybridized carbons (Fsp3) is 0.0800. The van der Waals surface area contributed by atoms with E-state index in [1.54, 1.807) is 56.3 Å². The van der Waals surface area contributed by atoms with E-state index in [0.29, 0.717) is 34.3 Å². The molecule has 1 amide bonds. The smallest absolute Gasteiger partial charge is 0.263 e. The van der Waals surface area contributed by atoms with E-state index in [0.717, 1.165) is 0 Å². The minimum atomic E-state index is -3.86. The van der Waals surface area contributed by atoms with Gasteiger partial charge in [0, 0.05) is 17.4 Å². The van der Waals surface area contributed by atoms with Crippen molar-refractivity contribution in [3.63, 3.8) is 0 Å². The summed E-state index contributed by atoms with van der Waals surface area (Å²) < 4.78 is 33.7. The van der Waals surface area contributed by atoms with Gasteiger partial charge in [-0.3, -0.25) is 9.52 Å². The summed E-state index contributed by atoms with van der Waals surface area (Å²) in [5.74, 6) is 1.29. The summed E-state index contributed by atoms with van der Waals surface area (Å²) in [5, 5.41) is 2.77. The molecule has 1 aromatic heterocycles. The number of amides is 1. The Morgan fingerprint density at radius 2 is 1.53 bits per heavy atom. The predicted molar refractivity (Wildman–Crippen MR) is 130 cm³/mol. The van der Waals surface area contributed by atoms with Crippen molar-refractivity contribution in [3.8, 4) is 11.5 Å². The van der Waals surface area contributed by atoms with Crippen LogP contribution in [0.4, 0.5) is 11.5 Å². The highest BCUT2D eigenvalue weighted by molar-refractivity contribution is 7.92. The number of aromatic nitrogens is 2. The summed E-state index contributed by atoms with van der Waals surface area (Å²) in [7, 11) is -3.86. The summed E-state index contributed by atoms with van der Waals surface area (Å²) >= 11 is 0. The van der Waals surface area contributed by atoms with Gasteiger partial charge in [0.25, 0.3) is 15.9 Å². The van der Waals surface area contributed by atoms with Gasteiger partial charge >= 0.3 is 0 Å². The Bertz CT molecular complexity index is 1400. The van der Waals surface area contributed by atoms with Gasteiger partial charge < -0.3 is 10.1 Å². The van der Waals surface area contributed by atoms with Crippen LogP contribution in [0.2, 0.25) is 0 Å². The first-order chi connectivity index (χ1) is 16.3. The first-order valence-electron chi connectivity index (χ1n) is 10.4. The lowest BCUT2D eigenvalue weighted by molar-refractivity contribution is 0.102. The van der Waals surface area contributed by atoms with Gasteiger partial charge in [0.15, 0.2) is 0 Å². The van der Waals surface area contributed by atoms with E-state index in [2.05, 4.69) is 20.0 Å². The topological polar surface area (TPSA) is 110 Å². The molecule has 3 aromatic carbocycles. The lowest BCUT2D eigenvalue weighted by Crippen LogP contribution is -2.15. The highest BCUT2D eigenvalue weighted by Gasteiger charge is 2.17. The largest absolute Gasteiger partial charge is 0.457 e. The van der Waals surface area contributed by atoms with Crippen LogP contribution in [0.15, 0.2) is 89.8 Å². The molecule has 0 atom stereocenters. The predicted octanol–water partition coefficient (Wildman–Crippen LogP) is 4.94. The Morgan fingerprint density at radius 3 is 2.24 bits per heavy atom. The average Bonchev–Trinajstić information content (AvgIpc) is 2.79. The maximum atomic E-state index is 12.9. The molecule has 9 heteroatoms. The fourth-order valence-corrected chi connectivity index (χ4v) is 4.23. The number of para-hydroxylation sites is 2. The molecule has 0 saturated carbocycles. The van der Waals surface area contributed by atoms with Crippen LogP contribution in [0, 0.1) is 13.8 Å². The van der Waals surface area contributed by atoms with Crippen molar-refractivity contribution >= 4 is 27.4 Å². The van der Waals surface area contributed by atoms with E-state index in [1.165, 1.54) is 24.3 Å². The minimum absolute atomic E-state index is 0.0345. The second-order valence-electron chi connectivity index (χ2n) is 7.44. The molecule has 4 aromatic rings. The molecular weight excluding hydrogens is 452 g/mol. The van der Waals surface area contributed by atoms with Crippen molar-refractivity contribution in [2.24, 2.45) is 0 Å². The number of carbonyl (C=O) groups is 1. The lowest BCUT2D eigenvalue weighted by atomic mass is 10.2. The highest BCUT2D eigenvalue weighted by Crippen LogP contribution is 2.26. The van der Waals surface area contributed by atoms with Gasteiger partial charge in [0.1, 0.15) is 23.1 Å². The number of ether oxygens (including phenoxy) is 1. The number of aryl methyl sites for hydroxylation is 2. The molecule has 172 valence electrons. The van der Waals surface area contributed by atoms with E-state index in [-0.39, 0.29) is 16.6 Å². The molecule has 0 fully saturated rings. The molecule has 34 heavy (non-hydrogen) atoms. The average molecular weight is 475 g/mol. The highest BCUT2D eigenvalue weighted by atomic mass is 32.2. The molecule has 0 saturated heterocycles. The Kier molecular flexibility index (Phi) is 6.55. The van der Waals surface area contributed by atoms with Crippen LogP contribution in [-0.4, -0.2) is 24.3 Å². The zero-order chi connectivity index (χ0) is 24.1. The number of rotatable bonds is 7. The lowest BCUT2D eigenvalue weighted by Gasteiger charge is -2.12. The number of nitrogens with one attached hydrogen (secondary N) is 2. The Labute approximate surface area is 197 Å². The van der Waals surface area contributed by atoms with Crippen LogP contribution in [0.1, 0.15) is 21.9 Å². The van der Waals surface area contributed by atoms with E-state index in [4.69, 9.17) is 4.74 Å². The third kappa shape index (κ3) is 5.57. The number of hydrogen-bond donors (Lipinski definition) is 2. The van der Waals surface area contributed by atoms with Crippen molar-refractivity contribution < 1.29 is 17.9 Å². The molecule has 0 aliphatic rings. The van der Waals surface area contributed by atoms with Crippen molar-refractivity contribution in [2.45, 2.75) is 18.7 Å². The first kappa shape index (κ1) is 22.9. The summed E-state index contributed by atoms with van der Waals surface area (Å²) in [6, 6.07) is 23.4. The molecule has 0 aliphatic carbocycles. The number of carbonyl (C=O) groups excluding carboxylic acids is 1. The Balaban J connectivity index is 1.48. The van der Waals surface area contributed by atoms with Crippen LogP contribution in [0.3, 0.4) is 0 Å². The minimum Gasteiger partial charge on any atom is -0.457 e. The third-order valence-electron chi connectivity index (χ3n) is 4.73. The number of benzene rings is 3. The van der Waals surface area contributed by atoms with Crippen LogP contribution in [-0.2, 0) is 10.0 Å². The number of hydrogen-bond acceptors (Lipinski definition) is 6. The maximum absolute atomic E-state index is 12.9. The number of nitrogens with zero attached hydrogens (tertiary/aromatic N) is 2. The molecule has 0 unspecified atom stereocenters. The first-order valence-corrected chi connectivity index (χ1v) is 11.9. The number of anilines is 2. The van der Waals surface area contributed by atoms with E-state index in [1.807, 2.05) is 18.2 Å². The van der Waals surface area contributed by atoms with Crippen LogP contribution < -0.4 is 14.8 Å². The summed E-state index contributed by atoms with van der Waals surface area (Å²) in [5.41, 5.74) is 1.44. The van der Waals surface area contributed by atoms with Crippen LogP contribution >= 0.6 is 0 Å². The Morgan fingerprint density at radius 1 is 0.853 bits per heavy atom. The van der Waals surface area contributed by atoms with Gasteiger partial charge in [-0.25, -0.2) is 18.4 Å². The fourth-order valence-electron chi connectivity index (χ4n) is 3.24. The molecular formula is C25H22N4O4S. The van der Waals surface area contributed by atoms with Gasteiger partial charge in [0.05, 0.1) is 10.5 Å². The maximum Gasteiger partial charge on any atom is 0.263 e. The van der Waals surface area contributed by atoms with Gasteiger partial charge in [-0.15, -0.1) is 0 Å². The molecule has 0 bridgehead atoms. The molecule has 8 nitrogen and oxygen atoms in total. The van der Waals surface area contributed by atoms with E-state index < -0.39 is 10.0 Å². The second kappa shape index (κ2) is 9.72. The monoisotopic (exact) mass is 474 g/mol. The van der Waals surface area contributed by atoms with Crippen molar-refractivity contribution in [3.05, 3.63) is 102 Å². The van der Waals surface area contributed by atoms with Gasteiger partial charge in [-0.05, 0) is 62.4 Å².